The summed E-state index contributed by atoms with van der Waals surface area (Å²) >= 11 is 1.24. The van der Waals surface area contributed by atoms with Crippen LogP contribution in [0.5, 0.6) is 0 Å². The number of hydrogen-bond acceptors (Lipinski definition) is 3. The number of Topliss-reactive ketones (excluding diaryl/α,β-unsaturated/α-hetero) is 1. The van der Waals surface area contributed by atoms with Crippen LogP contribution in [0, 0.1) is 0 Å². The summed E-state index contributed by atoms with van der Waals surface area (Å²) in [4.78, 5) is 11.7. The third-order valence-corrected chi connectivity index (χ3v) is 3.96. The molecule has 1 N–H and O–H groups in total. The minimum atomic E-state index is -0.122. The van der Waals surface area contributed by atoms with Crippen molar-refractivity contribution in [2.75, 3.05) is 0 Å². The molecule has 0 fully saturated rings. The Hall–Kier alpha value is -1.48. The molecule has 1 aromatic rings. The zero-order chi connectivity index (χ0) is 15.3. The number of ketones is 1. The molecule has 0 bridgehead atoms. The van der Waals surface area contributed by atoms with Gasteiger partial charge in [-0.1, -0.05) is 56.8 Å². The highest BCUT2D eigenvalue weighted by Crippen LogP contribution is 2.24. The smallest absolute Gasteiger partial charge is 0.169 e. The normalized spacial score (nSPS) is 13.4. The first-order valence-corrected chi connectivity index (χ1v) is 7.44. The van der Waals surface area contributed by atoms with Gasteiger partial charge >= 0.3 is 0 Å². The zero-order valence-electron chi connectivity index (χ0n) is 12.7. The Morgan fingerprint density at radius 3 is 2.10 bits per heavy atom. The van der Waals surface area contributed by atoms with Gasteiger partial charge in [-0.3, -0.25) is 4.79 Å². The average Bonchev–Trinajstić information content (AvgIpc) is 2.33. The van der Waals surface area contributed by atoms with E-state index in [2.05, 4.69) is 45.0 Å². The van der Waals surface area contributed by atoms with E-state index >= 15 is 0 Å². The Kier molecular flexibility index (Phi) is 5.63. The maximum absolute atomic E-state index is 11.3. The zero-order valence-corrected chi connectivity index (χ0v) is 13.5. The van der Waals surface area contributed by atoms with Gasteiger partial charge < -0.3 is 5.11 Å². The first kappa shape index (κ1) is 16.6. The molecule has 0 heterocycles. The fourth-order valence-electron chi connectivity index (χ4n) is 1.70. The van der Waals surface area contributed by atoms with Crippen LogP contribution in [0.4, 0.5) is 0 Å². The second-order valence-electron chi connectivity index (χ2n) is 5.76. The summed E-state index contributed by atoms with van der Waals surface area (Å²) in [6, 6.07) is 8.34. The molecule has 0 aliphatic rings. The third kappa shape index (κ3) is 4.89. The molecule has 0 aliphatic carbocycles. The fourth-order valence-corrected chi connectivity index (χ4v) is 2.40. The van der Waals surface area contributed by atoms with Crippen molar-refractivity contribution in [1.82, 2.24) is 0 Å². The highest BCUT2D eigenvalue weighted by atomic mass is 32.2. The SMILES string of the molecule is CC(=O)C(SC=Cc1ccc(C(C)(C)C)cc1)=C(C)O. The molecule has 1 rings (SSSR count). The number of rotatable bonds is 4. The minimum Gasteiger partial charge on any atom is -0.511 e. The number of carbonyl (C=O) groups excluding carboxylic acids is 1. The number of aliphatic hydroxyl groups excluding tert-OH is 1. The summed E-state index contributed by atoms with van der Waals surface area (Å²) in [5.74, 6) is -0.0574. The monoisotopic (exact) mass is 290 g/mol. The minimum absolute atomic E-state index is 0.0650. The standard InChI is InChI=1S/C17H22O2S/c1-12(18)16(13(2)19)20-11-10-14-6-8-15(9-7-14)17(3,4)5/h6-11,18H,1-5H3. The van der Waals surface area contributed by atoms with Crippen LogP contribution in [-0.4, -0.2) is 10.9 Å². The second kappa shape index (κ2) is 6.80. The lowest BCUT2D eigenvalue weighted by Gasteiger charge is -2.18. The van der Waals surface area contributed by atoms with Crippen molar-refractivity contribution in [3.05, 3.63) is 51.5 Å². The number of carbonyl (C=O) groups is 1. The Bertz CT molecular complexity index is 527. The molecule has 0 unspecified atom stereocenters. The van der Waals surface area contributed by atoms with Crippen molar-refractivity contribution in [2.24, 2.45) is 0 Å². The van der Waals surface area contributed by atoms with Gasteiger partial charge in [0.1, 0.15) is 5.76 Å². The first-order chi connectivity index (χ1) is 9.21. The van der Waals surface area contributed by atoms with E-state index in [0.717, 1.165) is 5.56 Å². The molecule has 108 valence electrons. The first-order valence-electron chi connectivity index (χ1n) is 6.56. The lowest BCUT2D eigenvalue weighted by molar-refractivity contribution is -0.113. The lowest BCUT2D eigenvalue weighted by atomic mass is 9.87. The van der Waals surface area contributed by atoms with Gasteiger partial charge in [-0.05, 0) is 41.9 Å². The number of benzene rings is 1. The van der Waals surface area contributed by atoms with Crippen LogP contribution in [0.25, 0.3) is 6.08 Å². The van der Waals surface area contributed by atoms with E-state index in [0.29, 0.717) is 4.91 Å². The highest BCUT2D eigenvalue weighted by Gasteiger charge is 2.12. The fraction of sp³-hybridized carbons (Fsp3) is 0.353. The molecular formula is C17H22O2S. The van der Waals surface area contributed by atoms with Crippen LogP contribution in [0.1, 0.15) is 45.7 Å². The maximum Gasteiger partial charge on any atom is 0.169 e. The van der Waals surface area contributed by atoms with E-state index in [1.54, 1.807) is 0 Å². The lowest BCUT2D eigenvalue weighted by Crippen LogP contribution is -2.10. The van der Waals surface area contributed by atoms with Gasteiger partial charge in [-0.25, -0.2) is 0 Å². The van der Waals surface area contributed by atoms with Crippen LogP contribution in [0.2, 0.25) is 0 Å². The van der Waals surface area contributed by atoms with Crippen molar-refractivity contribution in [3.63, 3.8) is 0 Å². The van der Waals surface area contributed by atoms with Gasteiger partial charge in [0.2, 0.25) is 0 Å². The number of hydrogen-bond donors (Lipinski definition) is 1. The topological polar surface area (TPSA) is 37.3 Å². The number of allylic oxidation sites excluding steroid dienone is 2. The van der Waals surface area contributed by atoms with E-state index < -0.39 is 0 Å². The predicted octanol–water partition coefficient (Wildman–Crippen LogP) is 5.07. The predicted molar refractivity (Wildman–Crippen MR) is 87.8 cm³/mol. The highest BCUT2D eigenvalue weighted by molar-refractivity contribution is 8.06. The molecule has 0 aromatic heterocycles. The van der Waals surface area contributed by atoms with Gasteiger partial charge in [0.05, 0.1) is 4.91 Å². The summed E-state index contributed by atoms with van der Waals surface area (Å²) in [7, 11) is 0. The van der Waals surface area contributed by atoms with E-state index in [1.807, 2.05) is 11.5 Å². The second-order valence-corrected chi connectivity index (χ2v) is 6.68. The molecular weight excluding hydrogens is 268 g/mol. The van der Waals surface area contributed by atoms with Gasteiger partial charge in [0.15, 0.2) is 5.78 Å². The van der Waals surface area contributed by atoms with Crippen LogP contribution >= 0.6 is 11.8 Å². The van der Waals surface area contributed by atoms with Gasteiger partial charge in [0, 0.05) is 0 Å². The molecule has 1 aromatic carbocycles. The van der Waals surface area contributed by atoms with Crippen molar-refractivity contribution >= 4 is 23.6 Å². The molecule has 0 atom stereocenters. The van der Waals surface area contributed by atoms with Gasteiger partial charge in [-0.15, -0.1) is 0 Å². The van der Waals surface area contributed by atoms with Crippen LogP contribution < -0.4 is 0 Å². The molecule has 0 saturated carbocycles. The van der Waals surface area contributed by atoms with Crippen molar-refractivity contribution in [2.45, 2.75) is 40.0 Å². The van der Waals surface area contributed by atoms with Gasteiger partial charge in [0.25, 0.3) is 0 Å². The molecule has 3 heteroatoms. The van der Waals surface area contributed by atoms with E-state index in [9.17, 15) is 9.90 Å². The molecule has 0 spiro atoms. The van der Waals surface area contributed by atoms with Crippen molar-refractivity contribution in [1.29, 1.82) is 0 Å². The van der Waals surface area contributed by atoms with E-state index in [1.165, 1.54) is 31.2 Å². The molecule has 0 saturated heterocycles. The average molecular weight is 290 g/mol. The largest absolute Gasteiger partial charge is 0.511 e. The Morgan fingerprint density at radius 2 is 1.70 bits per heavy atom. The van der Waals surface area contributed by atoms with Crippen LogP contribution in [-0.2, 0) is 10.2 Å². The van der Waals surface area contributed by atoms with Crippen LogP contribution in [0.3, 0.4) is 0 Å². The summed E-state index contributed by atoms with van der Waals surface area (Å²) in [6.07, 6.45) is 1.93. The maximum atomic E-state index is 11.3. The molecule has 0 aliphatic heterocycles. The van der Waals surface area contributed by atoms with Gasteiger partial charge in [-0.2, -0.15) is 0 Å². The summed E-state index contributed by atoms with van der Waals surface area (Å²) < 4.78 is 0. The van der Waals surface area contributed by atoms with E-state index in [-0.39, 0.29) is 17.0 Å². The summed E-state index contributed by atoms with van der Waals surface area (Å²) in [5.41, 5.74) is 2.51. The summed E-state index contributed by atoms with van der Waals surface area (Å²) in [6.45, 7) is 9.52. The molecule has 20 heavy (non-hydrogen) atoms. The molecule has 0 radical (unpaired) electrons. The third-order valence-electron chi connectivity index (χ3n) is 2.87. The quantitative estimate of drug-likeness (QED) is 0.621. The number of aliphatic hydroxyl groups is 1. The Balaban J connectivity index is 2.77. The number of thioether (sulfide) groups is 1. The van der Waals surface area contributed by atoms with Crippen molar-refractivity contribution < 1.29 is 9.90 Å². The van der Waals surface area contributed by atoms with Crippen LogP contribution in [0.15, 0.2) is 40.3 Å². The van der Waals surface area contributed by atoms with E-state index in [4.69, 9.17) is 0 Å². The Labute approximate surface area is 125 Å². The molecule has 2 nitrogen and oxygen atoms in total. The van der Waals surface area contributed by atoms with Crippen molar-refractivity contribution in [3.8, 4) is 0 Å². The Morgan fingerprint density at radius 1 is 1.15 bits per heavy atom. The molecule has 0 amide bonds. The summed E-state index contributed by atoms with van der Waals surface area (Å²) in [5, 5.41) is 11.2.